The van der Waals surface area contributed by atoms with E-state index in [-0.39, 0.29) is 18.6 Å². The molecule has 1 atom stereocenters. The number of urea groups is 1. The van der Waals surface area contributed by atoms with Crippen LogP contribution in [0.15, 0.2) is 54.6 Å². The number of likely N-dealkylation sites (tertiary alicyclic amines) is 1. The predicted octanol–water partition coefficient (Wildman–Crippen LogP) is 2.12. The van der Waals surface area contributed by atoms with E-state index in [9.17, 15) is 14.4 Å². The van der Waals surface area contributed by atoms with Crippen molar-refractivity contribution >= 4 is 35.1 Å². The molecule has 180 valence electrons. The number of benzene rings is 2. The number of anilines is 1. The summed E-state index contributed by atoms with van der Waals surface area (Å²) in [6.07, 6.45) is 1.29. The predicted molar refractivity (Wildman–Crippen MR) is 128 cm³/mol. The van der Waals surface area contributed by atoms with Crippen LogP contribution in [0.1, 0.15) is 18.4 Å². The van der Waals surface area contributed by atoms with Crippen molar-refractivity contribution in [3.8, 4) is 0 Å². The van der Waals surface area contributed by atoms with Gasteiger partial charge in [-0.15, -0.1) is 0 Å². The Bertz CT molecular complexity index is 1030. The van der Waals surface area contributed by atoms with Crippen molar-refractivity contribution in [2.45, 2.75) is 24.5 Å². The minimum atomic E-state index is -1.56. The molecular formula is C24H28ClN5O4. The number of hydrogen-bond acceptors (Lipinski definition) is 5. The van der Waals surface area contributed by atoms with Gasteiger partial charge in [-0.1, -0.05) is 41.9 Å². The number of carbonyl (C=O) groups excluding carboxylic acids is 3. The molecule has 0 spiro atoms. The van der Waals surface area contributed by atoms with E-state index in [1.165, 1.54) is 0 Å². The highest BCUT2D eigenvalue weighted by Crippen LogP contribution is 2.31. The summed E-state index contributed by atoms with van der Waals surface area (Å²) in [7, 11) is 0. The summed E-state index contributed by atoms with van der Waals surface area (Å²) < 4.78 is 5.24. The van der Waals surface area contributed by atoms with Gasteiger partial charge in [0.15, 0.2) is 0 Å². The largest absolute Gasteiger partial charge is 0.370 e. The average molecular weight is 486 g/mol. The van der Waals surface area contributed by atoms with Crippen LogP contribution in [0, 0.1) is 0 Å². The Hall–Kier alpha value is -3.14. The molecule has 0 saturated carbocycles. The number of morpholine rings is 1. The highest BCUT2D eigenvalue weighted by Gasteiger charge is 2.47. The summed E-state index contributed by atoms with van der Waals surface area (Å²) in [6.45, 7) is 2.11. The second kappa shape index (κ2) is 10.4. The summed E-state index contributed by atoms with van der Waals surface area (Å²) in [5, 5.41) is 6.14. The Labute approximate surface area is 203 Å². The number of nitrogens with two attached hydrogens (primary N) is 1. The van der Waals surface area contributed by atoms with E-state index < -0.39 is 17.6 Å². The van der Waals surface area contributed by atoms with E-state index >= 15 is 0 Å². The van der Waals surface area contributed by atoms with Crippen molar-refractivity contribution in [1.82, 2.24) is 15.1 Å². The number of ether oxygens (including phenoxy) is 1. The molecule has 2 aliphatic heterocycles. The first kappa shape index (κ1) is 24.0. The summed E-state index contributed by atoms with van der Waals surface area (Å²) in [6, 6.07) is 15.1. The molecule has 0 bridgehead atoms. The summed E-state index contributed by atoms with van der Waals surface area (Å²) in [4.78, 5) is 42.1. The van der Waals surface area contributed by atoms with Crippen LogP contribution in [0.5, 0.6) is 0 Å². The van der Waals surface area contributed by atoms with E-state index in [0.29, 0.717) is 55.4 Å². The average Bonchev–Trinajstić information content (AvgIpc) is 2.85. The molecule has 4 N–H and O–H groups in total. The maximum Gasteiger partial charge on any atom is 0.321 e. The van der Waals surface area contributed by atoms with Crippen LogP contribution in [0.2, 0.25) is 5.02 Å². The smallest absolute Gasteiger partial charge is 0.321 e. The van der Waals surface area contributed by atoms with Gasteiger partial charge >= 0.3 is 6.03 Å². The Kier molecular flexibility index (Phi) is 7.35. The van der Waals surface area contributed by atoms with Crippen molar-refractivity contribution in [3.05, 3.63) is 65.2 Å². The van der Waals surface area contributed by atoms with Gasteiger partial charge in [-0.2, -0.15) is 0 Å². The van der Waals surface area contributed by atoms with Crippen LogP contribution >= 0.6 is 11.6 Å². The maximum atomic E-state index is 13.0. The number of nitrogens with zero attached hydrogens (tertiary/aromatic N) is 2. The Morgan fingerprint density at radius 2 is 1.71 bits per heavy atom. The fourth-order valence-electron chi connectivity index (χ4n) is 4.66. The summed E-state index contributed by atoms with van der Waals surface area (Å²) in [5.41, 5.74) is 5.51. The van der Waals surface area contributed by atoms with E-state index in [1.54, 1.807) is 48.5 Å². The summed E-state index contributed by atoms with van der Waals surface area (Å²) in [5.74, 6) is -0.708. The molecule has 10 heteroatoms. The van der Waals surface area contributed by atoms with Crippen LogP contribution < -0.4 is 16.4 Å². The van der Waals surface area contributed by atoms with Gasteiger partial charge in [0.25, 0.3) is 5.91 Å². The zero-order valence-corrected chi connectivity index (χ0v) is 19.5. The lowest BCUT2D eigenvalue weighted by atomic mass is 9.92. The lowest BCUT2D eigenvalue weighted by Crippen LogP contribution is -2.67. The number of nitrogens with one attached hydrogen (secondary N) is 2. The molecule has 2 fully saturated rings. The zero-order valence-electron chi connectivity index (χ0n) is 18.7. The highest BCUT2D eigenvalue weighted by atomic mass is 35.5. The second-order valence-electron chi connectivity index (χ2n) is 8.38. The van der Waals surface area contributed by atoms with Gasteiger partial charge in [0.2, 0.25) is 11.6 Å². The second-order valence-corrected chi connectivity index (χ2v) is 8.82. The molecule has 4 rings (SSSR count). The number of hydrogen-bond donors (Lipinski definition) is 3. The fourth-order valence-corrected chi connectivity index (χ4v) is 4.79. The molecule has 2 aromatic rings. The molecule has 1 unspecified atom stereocenters. The van der Waals surface area contributed by atoms with Crippen molar-refractivity contribution in [1.29, 1.82) is 0 Å². The standard InChI is InChI=1S/C24H28ClN5O4/c25-18-6-8-19(9-7-18)27-23(33)28-24(22(26)32,17-4-2-1-3-5-17)29-12-10-20(11-13-29)30-14-15-34-16-21(30)31/h1-9,20H,10-16H2,(H2,26,32)(H2,27,28,33). The normalized spacial score (nSPS) is 19.3. The molecule has 2 saturated heterocycles. The first-order chi connectivity index (χ1) is 16.4. The van der Waals surface area contributed by atoms with Crippen LogP contribution in [0.3, 0.4) is 0 Å². The van der Waals surface area contributed by atoms with Crippen molar-refractivity contribution < 1.29 is 19.1 Å². The van der Waals surface area contributed by atoms with Gasteiger partial charge in [0.1, 0.15) is 6.61 Å². The Morgan fingerprint density at radius 1 is 1.03 bits per heavy atom. The molecule has 0 radical (unpaired) electrons. The van der Waals surface area contributed by atoms with Gasteiger partial charge < -0.3 is 26.0 Å². The first-order valence-electron chi connectivity index (χ1n) is 11.2. The van der Waals surface area contributed by atoms with E-state index in [0.717, 1.165) is 0 Å². The van der Waals surface area contributed by atoms with E-state index in [1.807, 2.05) is 15.9 Å². The third-order valence-corrected chi connectivity index (χ3v) is 6.60. The third kappa shape index (κ3) is 5.01. The van der Waals surface area contributed by atoms with Gasteiger partial charge in [0, 0.05) is 41.9 Å². The fraction of sp³-hybridized carbons (Fsp3) is 0.375. The molecule has 0 aromatic heterocycles. The molecule has 34 heavy (non-hydrogen) atoms. The van der Waals surface area contributed by atoms with Gasteiger partial charge in [-0.3, -0.25) is 14.5 Å². The minimum absolute atomic E-state index is 0.0191. The lowest BCUT2D eigenvalue weighted by Gasteiger charge is -2.47. The first-order valence-corrected chi connectivity index (χ1v) is 11.6. The maximum absolute atomic E-state index is 13.0. The third-order valence-electron chi connectivity index (χ3n) is 6.35. The number of piperidine rings is 1. The Balaban J connectivity index is 1.57. The van der Waals surface area contributed by atoms with E-state index in [2.05, 4.69) is 10.6 Å². The minimum Gasteiger partial charge on any atom is -0.370 e. The number of carbonyl (C=O) groups is 3. The van der Waals surface area contributed by atoms with Gasteiger partial charge in [-0.05, 0) is 37.1 Å². The molecule has 9 nitrogen and oxygen atoms in total. The summed E-state index contributed by atoms with van der Waals surface area (Å²) >= 11 is 5.93. The monoisotopic (exact) mass is 485 g/mol. The van der Waals surface area contributed by atoms with Crippen LogP contribution in [0.4, 0.5) is 10.5 Å². The molecule has 2 aromatic carbocycles. The topological polar surface area (TPSA) is 117 Å². The number of halogens is 1. The number of rotatable bonds is 6. The van der Waals surface area contributed by atoms with Crippen LogP contribution in [0.25, 0.3) is 0 Å². The highest BCUT2D eigenvalue weighted by molar-refractivity contribution is 6.30. The van der Waals surface area contributed by atoms with Crippen LogP contribution in [-0.2, 0) is 20.0 Å². The van der Waals surface area contributed by atoms with Crippen molar-refractivity contribution in [3.63, 3.8) is 0 Å². The van der Waals surface area contributed by atoms with Gasteiger partial charge in [0.05, 0.1) is 6.61 Å². The van der Waals surface area contributed by atoms with Crippen molar-refractivity contribution in [2.24, 2.45) is 5.73 Å². The number of amides is 4. The van der Waals surface area contributed by atoms with Crippen molar-refractivity contribution in [2.75, 3.05) is 38.2 Å². The SMILES string of the molecule is NC(=O)C(NC(=O)Nc1ccc(Cl)cc1)(c1ccccc1)N1CCC(N2CCOCC2=O)CC1. The van der Waals surface area contributed by atoms with Crippen LogP contribution in [-0.4, -0.2) is 66.5 Å². The Morgan fingerprint density at radius 3 is 2.32 bits per heavy atom. The zero-order chi connectivity index (χ0) is 24.1. The molecule has 2 aliphatic rings. The molecule has 2 heterocycles. The molecule has 0 aliphatic carbocycles. The number of primary amides is 1. The quantitative estimate of drug-likeness (QED) is 0.579. The molecule has 4 amide bonds. The molecular weight excluding hydrogens is 458 g/mol. The van der Waals surface area contributed by atoms with Gasteiger partial charge in [-0.25, -0.2) is 4.79 Å². The van der Waals surface area contributed by atoms with E-state index in [4.69, 9.17) is 22.1 Å². The lowest BCUT2D eigenvalue weighted by molar-refractivity contribution is -0.148.